The van der Waals surface area contributed by atoms with E-state index in [2.05, 4.69) is 5.32 Å². The number of nitrogens with one attached hydrogen (secondary N) is 1. The van der Waals surface area contributed by atoms with Crippen molar-refractivity contribution in [1.29, 1.82) is 0 Å². The van der Waals surface area contributed by atoms with Crippen LogP contribution in [0.3, 0.4) is 0 Å². The first-order chi connectivity index (χ1) is 13.9. The lowest BCUT2D eigenvalue weighted by Crippen LogP contribution is -2.57. The SMILES string of the molecule is CCN1C(=O)[C@H]2[C@@H](c3cccs3)N[C@@](Cc3ccc(O)cc3)(C(=O)OC)[C@@H]2C1=O. The number of thiophene rings is 1. The van der Waals surface area contributed by atoms with Gasteiger partial charge in [0.05, 0.1) is 25.0 Å². The molecule has 7 nitrogen and oxygen atoms in total. The van der Waals surface area contributed by atoms with Crippen LogP contribution in [0.1, 0.15) is 23.4 Å². The van der Waals surface area contributed by atoms with Crippen LogP contribution in [0.15, 0.2) is 41.8 Å². The Morgan fingerprint density at radius 3 is 2.55 bits per heavy atom. The summed E-state index contributed by atoms with van der Waals surface area (Å²) in [4.78, 5) is 41.6. The van der Waals surface area contributed by atoms with Gasteiger partial charge in [0.25, 0.3) is 0 Å². The second kappa shape index (κ2) is 7.27. The third-order valence-electron chi connectivity index (χ3n) is 5.88. The molecule has 0 unspecified atom stereocenters. The zero-order valence-electron chi connectivity index (χ0n) is 16.1. The molecule has 3 heterocycles. The van der Waals surface area contributed by atoms with Gasteiger partial charge in [-0.1, -0.05) is 18.2 Å². The number of fused-ring (bicyclic) bond motifs is 1. The summed E-state index contributed by atoms with van der Waals surface area (Å²) in [7, 11) is 1.29. The molecule has 0 saturated carbocycles. The smallest absolute Gasteiger partial charge is 0.327 e. The summed E-state index contributed by atoms with van der Waals surface area (Å²) in [5.41, 5.74) is -0.622. The summed E-state index contributed by atoms with van der Waals surface area (Å²) in [5, 5.41) is 14.8. The van der Waals surface area contributed by atoms with Gasteiger partial charge in [-0.15, -0.1) is 11.3 Å². The Kier molecular flexibility index (Phi) is 4.92. The number of imide groups is 1. The first-order valence-corrected chi connectivity index (χ1v) is 10.3. The number of benzene rings is 1. The number of phenols is 1. The fourth-order valence-electron chi connectivity index (χ4n) is 4.63. The molecule has 1 aromatic carbocycles. The number of aromatic hydroxyl groups is 1. The van der Waals surface area contributed by atoms with E-state index < -0.39 is 29.4 Å². The lowest BCUT2D eigenvalue weighted by atomic mass is 9.76. The van der Waals surface area contributed by atoms with Crippen molar-refractivity contribution < 1.29 is 24.2 Å². The third-order valence-corrected chi connectivity index (χ3v) is 6.84. The molecular weight excluding hydrogens is 392 g/mol. The number of ether oxygens (including phenoxy) is 1. The van der Waals surface area contributed by atoms with Crippen LogP contribution in [0.5, 0.6) is 5.75 Å². The van der Waals surface area contributed by atoms with E-state index in [-0.39, 0.29) is 30.5 Å². The van der Waals surface area contributed by atoms with Crippen molar-refractivity contribution in [3.05, 3.63) is 52.2 Å². The standard InChI is InChI=1S/C21H22N2O5S/c1-3-23-18(25)15-16(19(23)26)21(20(27)28-2,11-12-6-8-13(24)9-7-12)22-17(15)14-5-4-10-29-14/h4-10,15-17,22,24H,3,11H2,1-2H3/t15-,16+,17-,21-/m1/s1. The summed E-state index contributed by atoms with van der Waals surface area (Å²) in [6.07, 6.45) is 0.166. The number of likely N-dealkylation sites (tertiary alicyclic amines) is 1. The van der Waals surface area contributed by atoms with Gasteiger partial charge in [-0.25, -0.2) is 0 Å². The van der Waals surface area contributed by atoms with Gasteiger partial charge < -0.3 is 9.84 Å². The molecule has 2 aromatic rings. The second-order valence-electron chi connectivity index (χ2n) is 7.37. The maximum absolute atomic E-state index is 13.2. The number of carbonyl (C=O) groups is 3. The maximum atomic E-state index is 13.2. The second-order valence-corrected chi connectivity index (χ2v) is 8.35. The Morgan fingerprint density at radius 2 is 1.97 bits per heavy atom. The van der Waals surface area contributed by atoms with Gasteiger partial charge in [0.15, 0.2) is 0 Å². The van der Waals surface area contributed by atoms with Crippen LogP contribution in [-0.4, -0.2) is 47.0 Å². The molecule has 2 fully saturated rings. The quantitative estimate of drug-likeness (QED) is 0.573. The Morgan fingerprint density at radius 1 is 1.24 bits per heavy atom. The van der Waals surface area contributed by atoms with Crippen LogP contribution < -0.4 is 5.32 Å². The molecular formula is C21H22N2O5S. The van der Waals surface area contributed by atoms with E-state index in [4.69, 9.17) is 4.74 Å². The van der Waals surface area contributed by atoms with E-state index in [0.717, 1.165) is 10.4 Å². The number of hydrogen-bond donors (Lipinski definition) is 2. The van der Waals surface area contributed by atoms with Crippen LogP contribution >= 0.6 is 11.3 Å². The molecule has 0 bridgehead atoms. The fraction of sp³-hybridized carbons (Fsp3) is 0.381. The highest BCUT2D eigenvalue weighted by Crippen LogP contribution is 2.51. The van der Waals surface area contributed by atoms with Gasteiger partial charge in [0.2, 0.25) is 11.8 Å². The molecule has 152 valence electrons. The molecule has 29 heavy (non-hydrogen) atoms. The van der Waals surface area contributed by atoms with E-state index in [1.54, 1.807) is 19.1 Å². The summed E-state index contributed by atoms with van der Waals surface area (Å²) < 4.78 is 5.13. The van der Waals surface area contributed by atoms with Gasteiger partial charge in [-0.3, -0.25) is 24.6 Å². The normalized spacial score (nSPS) is 28.6. The van der Waals surface area contributed by atoms with E-state index in [0.29, 0.717) is 0 Å². The number of amides is 2. The van der Waals surface area contributed by atoms with Gasteiger partial charge >= 0.3 is 5.97 Å². The highest BCUT2D eigenvalue weighted by molar-refractivity contribution is 7.10. The number of esters is 1. The van der Waals surface area contributed by atoms with Gasteiger partial charge in [-0.2, -0.15) is 0 Å². The summed E-state index contributed by atoms with van der Waals surface area (Å²) >= 11 is 1.48. The minimum absolute atomic E-state index is 0.110. The topological polar surface area (TPSA) is 95.9 Å². The van der Waals surface area contributed by atoms with Crippen molar-refractivity contribution in [2.75, 3.05) is 13.7 Å². The first kappa shape index (κ1) is 19.6. The molecule has 4 atom stereocenters. The average molecular weight is 414 g/mol. The summed E-state index contributed by atoms with van der Waals surface area (Å²) in [6, 6.07) is 9.80. The number of hydrogen-bond acceptors (Lipinski definition) is 7. The van der Waals surface area contributed by atoms with Crippen LogP contribution in [0, 0.1) is 11.8 Å². The monoisotopic (exact) mass is 414 g/mol. The largest absolute Gasteiger partial charge is 0.508 e. The molecule has 2 aliphatic heterocycles. The highest BCUT2D eigenvalue weighted by atomic mass is 32.1. The Labute approximate surface area is 172 Å². The van der Waals surface area contributed by atoms with Gasteiger partial charge in [-0.05, 0) is 36.1 Å². The fourth-order valence-corrected chi connectivity index (χ4v) is 5.45. The summed E-state index contributed by atoms with van der Waals surface area (Å²) in [6.45, 7) is 2.02. The van der Waals surface area contributed by atoms with Crippen molar-refractivity contribution >= 4 is 29.1 Å². The van der Waals surface area contributed by atoms with Crippen molar-refractivity contribution in [2.24, 2.45) is 11.8 Å². The lowest BCUT2D eigenvalue weighted by Gasteiger charge is -2.32. The van der Waals surface area contributed by atoms with Crippen LogP contribution in [0.25, 0.3) is 0 Å². The van der Waals surface area contributed by atoms with E-state index in [9.17, 15) is 19.5 Å². The van der Waals surface area contributed by atoms with E-state index >= 15 is 0 Å². The number of rotatable bonds is 5. The number of carbonyl (C=O) groups excluding carboxylic acids is 3. The molecule has 2 amide bonds. The lowest BCUT2D eigenvalue weighted by molar-refractivity contribution is -0.154. The Bertz CT molecular complexity index is 942. The number of phenolic OH excluding ortho intramolecular Hbond substituents is 1. The zero-order chi connectivity index (χ0) is 20.8. The summed E-state index contributed by atoms with van der Waals surface area (Å²) in [5.74, 6) is -2.60. The predicted octanol–water partition coefficient (Wildman–Crippen LogP) is 1.87. The Balaban J connectivity index is 1.84. The van der Waals surface area contributed by atoms with Crippen molar-refractivity contribution in [3.63, 3.8) is 0 Å². The number of nitrogens with zero attached hydrogens (tertiary/aromatic N) is 1. The maximum Gasteiger partial charge on any atom is 0.327 e. The highest BCUT2D eigenvalue weighted by Gasteiger charge is 2.68. The van der Waals surface area contributed by atoms with Crippen LogP contribution in [-0.2, 0) is 25.5 Å². The van der Waals surface area contributed by atoms with E-state index in [1.165, 1.54) is 35.5 Å². The van der Waals surface area contributed by atoms with Gasteiger partial charge in [0, 0.05) is 17.8 Å². The van der Waals surface area contributed by atoms with E-state index in [1.807, 2.05) is 17.5 Å². The predicted molar refractivity (Wildman–Crippen MR) is 106 cm³/mol. The molecule has 4 rings (SSSR count). The van der Waals surface area contributed by atoms with Crippen LogP contribution in [0.2, 0.25) is 0 Å². The molecule has 1 aromatic heterocycles. The van der Waals surface area contributed by atoms with Gasteiger partial charge in [0.1, 0.15) is 11.3 Å². The zero-order valence-corrected chi connectivity index (χ0v) is 16.9. The molecule has 0 aliphatic carbocycles. The Hall–Kier alpha value is -2.71. The molecule has 0 radical (unpaired) electrons. The van der Waals surface area contributed by atoms with Crippen molar-refractivity contribution in [2.45, 2.75) is 24.9 Å². The average Bonchev–Trinajstić information content (AvgIpc) is 3.41. The van der Waals surface area contributed by atoms with Crippen molar-refractivity contribution in [3.8, 4) is 5.75 Å². The molecule has 8 heteroatoms. The molecule has 0 spiro atoms. The van der Waals surface area contributed by atoms with Crippen LogP contribution in [0.4, 0.5) is 0 Å². The number of methoxy groups -OCH3 is 1. The van der Waals surface area contributed by atoms with Crippen molar-refractivity contribution in [1.82, 2.24) is 10.2 Å². The third kappa shape index (κ3) is 2.94. The molecule has 2 aliphatic rings. The molecule has 2 N–H and O–H groups in total. The minimum Gasteiger partial charge on any atom is -0.508 e. The minimum atomic E-state index is -1.37. The first-order valence-electron chi connectivity index (χ1n) is 9.45. The molecule has 2 saturated heterocycles.